The minimum absolute atomic E-state index is 0. The Labute approximate surface area is 167 Å². The van der Waals surface area contributed by atoms with Crippen LogP contribution in [0.4, 0.5) is 19.0 Å². The van der Waals surface area contributed by atoms with Gasteiger partial charge in [-0.25, -0.2) is 9.97 Å². The zero-order valence-electron chi connectivity index (χ0n) is 15.7. The summed E-state index contributed by atoms with van der Waals surface area (Å²) in [5, 5.41) is 0. The molecule has 8 heteroatoms. The lowest BCUT2D eigenvalue weighted by atomic mass is 10.1. The van der Waals surface area contributed by atoms with Crippen molar-refractivity contribution in [2.45, 2.75) is 39.3 Å². The van der Waals surface area contributed by atoms with Crippen LogP contribution < -0.4 is 4.90 Å². The van der Waals surface area contributed by atoms with E-state index in [1.54, 1.807) is 0 Å². The standard InChI is InChI=1S/C20H21F3N4.ClH/c1-12-16(14-6-8-15(9-7-14)20(21,22)23)26-18-17(12)24-13(2)25-19(18)27-10-4-3-5-11-27;/h6-9,26H,3-5,10-11H2,1-2H3;1H. The van der Waals surface area contributed by atoms with Crippen LogP contribution in [0.25, 0.3) is 22.3 Å². The first-order valence-corrected chi connectivity index (χ1v) is 9.14. The SMILES string of the molecule is Cc1nc(N2CCCCC2)c2[nH]c(-c3ccc(C(F)(F)F)cc3)c(C)c2n1.Cl. The normalized spacial score (nSPS) is 15.0. The molecule has 150 valence electrons. The summed E-state index contributed by atoms with van der Waals surface area (Å²) in [6.45, 7) is 5.73. The van der Waals surface area contributed by atoms with E-state index in [9.17, 15) is 13.2 Å². The van der Waals surface area contributed by atoms with Gasteiger partial charge in [-0.1, -0.05) is 12.1 Å². The van der Waals surface area contributed by atoms with Crippen molar-refractivity contribution in [3.8, 4) is 11.3 Å². The summed E-state index contributed by atoms with van der Waals surface area (Å²) in [6.07, 6.45) is -0.839. The molecule has 1 aliphatic rings. The van der Waals surface area contributed by atoms with Gasteiger partial charge in [0.15, 0.2) is 5.82 Å². The molecule has 3 heterocycles. The molecule has 1 aliphatic heterocycles. The van der Waals surface area contributed by atoms with Gasteiger partial charge >= 0.3 is 6.18 Å². The summed E-state index contributed by atoms with van der Waals surface area (Å²) < 4.78 is 38.5. The zero-order valence-corrected chi connectivity index (χ0v) is 16.5. The second kappa shape index (κ2) is 7.62. The van der Waals surface area contributed by atoms with Crippen LogP contribution in [0.5, 0.6) is 0 Å². The molecule has 0 aliphatic carbocycles. The van der Waals surface area contributed by atoms with Crippen LogP contribution in [0.1, 0.15) is 36.2 Å². The molecule has 0 amide bonds. The van der Waals surface area contributed by atoms with Gasteiger partial charge in [-0.2, -0.15) is 13.2 Å². The highest BCUT2D eigenvalue weighted by atomic mass is 35.5. The predicted molar refractivity (Wildman–Crippen MR) is 107 cm³/mol. The summed E-state index contributed by atoms with van der Waals surface area (Å²) in [7, 11) is 0. The van der Waals surface area contributed by atoms with Crippen LogP contribution in [0.2, 0.25) is 0 Å². The van der Waals surface area contributed by atoms with Gasteiger partial charge in [0.05, 0.1) is 16.8 Å². The number of hydrogen-bond donors (Lipinski definition) is 1. The van der Waals surface area contributed by atoms with Gasteiger partial charge in [-0.3, -0.25) is 0 Å². The zero-order chi connectivity index (χ0) is 19.2. The lowest BCUT2D eigenvalue weighted by Gasteiger charge is -2.28. The van der Waals surface area contributed by atoms with E-state index >= 15 is 0 Å². The Balaban J connectivity index is 0.00000225. The smallest absolute Gasteiger partial charge is 0.355 e. The molecule has 4 nitrogen and oxygen atoms in total. The number of benzene rings is 1. The van der Waals surface area contributed by atoms with Gasteiger partial charge < -0.3 is 9.88 Å². The summed E-state index contributed by atoms with van der Waals surface area (Å²) >= 11 is 0. The number of nitrogens with one attached hydrogen (secondary N) is 1. The van der Waals surface area contributed by atoms with Crippen LogP contribution in [-0.4, -0.2) is 28.0 Å². The van der Waals surface area contributed by atoms with Gasteiger partial charge in [-0.15, -0.1) is 12.4 Å². The highest BCUT2D eigenvalue weighted by molar-refractivity contribution is 5.94. The number of alkyl halides is 3. The average molecular weight is 411 g/mol. The fraction of sp³-hybridized carbons (Fsp3) is 0.400. The van der Waals surface area contributed by atoms with Crippen molar-refractivity contribution in [1.82, 2.24) is 15.0 Å². The number of aromatic amines is 1. The molecule has 1 aromatic carbocycles. The fourth-order valence-corrected chi connectivity index (χ4v) is 3.73. The molecule has 1 fully saturated rings. The third kappa shape index (κ3) is 3.68. The monoisotopic (exact) mass is 410 g/mol. The van der Waals surface area contributed by atoms with E-state index in [4.69, 9.17) is 0 Å². The summed E-state index contributed by atoms with van der Waals surface area (Å²) in [6, 6.07) is 5.23. The van der Waals surface area contributed by atoms with Crippen molar-refractivity contribution in [3.63, 3.8) is 0 Å². The Morgan fingerprint density at radius 3 is 2.21 bits per heavy atom. The van der Waals surface area contributed by atoms with Crippen molar-refractivity contribution in [3.05, 3.63) is 41.2 Å². The number of nitrogens with zero attached hydrogens (tertiary/aromatic N) is 3. The van der Waals surface area contributed by atoms with Crippen LogP contribution in [0.15, 0.2) is 24.3 Å². The van der Waals surface area contributed by atoms with E-state index < -0.39 is 11.7 Å². The number of aryl methyl sites for hydroxylation is 2. The minimum Gasteiger partial charge on any atom is -0.355 e. The number of anilines is 1. The number of halogens is 4. The predicted octanol–water partition coefficient (Wildman–Crippen LogP) is 5.67. The second-order valence-electron chi connectivity index (χ2n) is 7.07. The van der Waals surface area contributed by atoms with Crippen molar-refractivity contribution < 1.29 is 13.2 Å². The number of aromatic nitrogens is 3. The molecule has 0 unspecified atom stereocenters. The first-order valence-electron chi connectivity index (χ1n) is 9.14. The van der Waals surface area contributed by atoms with Gasteiger partial charge in [0, 0.05) is 18.7 Å². The quantitative estimate of drug-likeness (QED) is 0.591. The Morgan fingerprint density at radius 1 is 0.964 bits per heavy atom. The van der Waals surface area contributed by atoms with Crippen molar-refractivity contribution in [1.29, 1.82) is 0 Å². The molecule has 28 heavy (non-hydrogen) atoms. The Morgan fingerprint density at radius 2 is 1.61 bits per heavy atom. The van der Waals surface area contributed by atoms with Crippen molar-refractivity contribution in [2.75, 3.05) is 18.0 Å². The number of fused-ring (bicyclic) bond motifs is 1. The molecular weight excluding hydrogens is 389 g/mol. The first kappa shape index (κ1) is 20.5. The molecule has 0 spiro atoms. The van der Waals surface area contributed by atoms with E-state index in [0.29, 0.717) is 11.4 Å². The lowest BCUT2D eigenvalue weighted by molar-refractivity contribution is -0.137. The number of H-pyrrole nitrogens is 1. The fourth-order valence-electron chi connectivity index (χ4n) is 3.73. The Kier molecular flexibility index (Phi) is 5.57. The molecule has 1 saturated heterocycles. The van der Waals surface area contributed by atoms with Crippen LogP contribution in [0, 0.1) is 13.8 Å². The van der Waals surface area contributed by atoms with Gasteiger partial charge in [0.1, 0.15) is 11.3 Å². The second-order valence-corrected chi connectivity index (χ2v) is 7.07. The molecule has 1 N–H and O–H groups in total. The Bertz CT molecular complexity index is 974. The molecule has 0 radical (unpaired) electrons. The Hall–Kier alpha value is -2.28. The minimum atomic E-state index is -4.34. The lowest BCUT2D eigenvalue weighted by Crippen LogP contribution is -2.30. The van der Waals surface area contributed by atoms with Gasteiger partial charge in [0.2, 0.25) is 0 Å². The van der Waals surface area contributed by atoms with Gasteiger partial charge in [0.25, 0.3) is 0 Å². The summed E-state index contributed by atoms with van der Waals surface area (Å²) in [5.41, 5.74) is 3.46. The maximum Gasteiger partial charge on any atom is 0.416 e. The molecular formula is C20H22ClF3N4. The molecule has 0 bridgehead atoms. The summed E-state index contributed by atoms with van der Waals surface area (Å²) in [5.74, 6) is 1.59. The van der Waals surface area contributed by atoms with E-state index in [0.717, 1.165) is 66.2 Å². The highest BCUT2D eigenvalue weighted by Gasteiger charge is 2.30. The van der Waals surface area contributed by atoms with Crippen molar-refractivity contribution >= 4 is 29.3 Å². The molecule has 3 aromatic rings. The van der Waals surface area contributed by atoms with Crippen LogP contribution in [-0.2, 0) is 6.18 Å². The number of hydrogen-bond acceptors (Lipinski definition) is 3. The maximum atomic E-state index is 12.8. The molecule has 4 rings (SSSR count). The third-order valence-electron chi connectivity index (χ3n) is 5.14. The van der Waals surface area contributed by atoms with Crippen LogP contribution in [0.3, 0.4) is 0 Å². The van der Waals surface area contributed by atoms with Gasteiger partial charge in [-0.05, 0) is 50.8 Å². The van der Waals surface area contributed by atoms with E-state index in [1.165, 1.54) is 18.6 Å². The van der Waals surface area contributed by atoms with Crippen molar-refractivity contribution in [2.24, 2.45) is 0 Å². The van der Waals surface area contributed by atoms with E-state index in [2.05, 4.69) is 19.9 Å². The first-order chi connectivity index (χ1) is 12.8. The average Bonchev–Trinajstić information content (AvgIpc) is 2.98. The molecule has 0 saturated carbocycles. The maximum absolute atomic E-state index is 12.8. The largest absolute Gasteiger partial charge is 0.416 e. The number of piperidine rings is 1. The topological polar surface area (TPSA) is 44.8 Å². The highest BCUT2D eigenvalue weighted by Crippen LogP contribution is 2.35. The van der Waals surface area contributed by atoms with Crippen LogP contribution >= 0.6 is 12.4 Å². The van der Waals surface area contributed by atoms with E-state index in [-0.39, 0.29) is 12.4 Å². The van der Waals surface area contributed by atoms with E-state index in [1.807, 2.05) is 13.8 Å². The summed E-state index contributed by atoms with van der Waals surface area (Å²) in [4.78, 5) is 14.9. The molecule has 2 aromatic heterocycles. The molecule has 0 atom stereocenters. The third-order valence-corrected chi connectivity index (χ3v) is 5.14. The number of rotatable bonds is 2.